The number of hydrogen-bond donors (Lipinski definition) is 1. The average molecular weight is 263 g/mol. The van der Waals surface area contributed by atoms with Crippen molar-refractivity contribution in [2.45, 2.75) is 38.8 Å². The molecule has 104 valence electrons. The van der Waals surface area contributed by atoms with Crippen LogP contribution in [-0.4, -0.2) is 31.3 Å². The zero-order chi connectivity index (χ0) is 13.7. The van der Waals surface area contributed by atoms with Crippen molar-refractivity contribution in [1.82, 2.24) is 0 Å². The molecule has 1 heterocycles. The summed E-state index contributed by atoms with van der Waals surface area (Å²) in [6, 6.07) is 7.76. The number of anilines is 1. The highest BCUT2D eigenvalue weighted by Crippen LogP contribution is 2.16. The van der Waals surface area contributed by atoms with Crippen molar-refractivity contribution in [3.63, 3.8) is 0 Å². The highest BCUT2D eigenvalue weighted by molar-refractivity contribution is 5.89. The largest absolute Gasteiger partial charge is 0.459 e. The van der Waals surface area contributed by atoms with Crippen molar-refractivity contribution < 1.29 is 14.3 Å². The third kappa shape index (κ3) is 4.24. The molecular formula is C15H21NO3. The maximum atomic E-state index is 11.7. The van der Waals surface area contributed by atoms with E-state index >= 15 is 0 Å². The van der Waals surface area contributed by atoms with Crippen LogP contribution in [0.15, 0.2) is 24.3 Å². The Bertz CT molecular complexity index is 408. The van der Waals surface area contributed by atoms with Gasteiger partial charge in [-0.15, -0.1) is 0 Å². The summed E-state index contributed by atoms with van der Waals surface area (Å²) in [4.78, 5) is 11.7. The molecule has 4 nitrogen and oxygen atoms in total. The Kier molecular flexibility index (Phi) is 4.80. The minimum atomic E-state index is -0.275. The maximum absolute atomic E-state index is 11.7. The van der Waals surface area contributed by atoms with Crippen molar-refractivity contribution in [3.8, 4) is 0 Å². The lowest BCUT2D eigenvalue weighted by Gasteiger charge is -2.24. The van der Waals surface area contributed by atoms with Gasteiger partial charge in [0.25, 0.3) is 0 Å². The van der Waals surface area contributed by atoms with E-state index in [4.69, 9.17) is 9.47 Å². The summed E-state index contributed by atoms with van der Waals surface area (Å²) in [6.07, 6.45) is 2.12. The summed E-state index contributed by atoms with van der Waals surface area (Å²) in [5, 5.41) is 3.41. The van der Waals surface area contributed by atoms with Crippen LogP contribution in [0.3, 0.4) is 0 Å². The number of benzene rings is 1. The van der Waals surface area contributed by atoms with Crippen molar-refractivity contribution in [3.05, 3.63) is 29.8 Å². The number of carbonyl (C=O) groups is 1. The van der Waals surface area contributed by atoms with E-state index in [2.05, 4.69) is 5.32 Å². The van der Waals surface area contributed by atoms with E-state index in [1.165, 1.54) is 0 Å². The summed E-state index contributed by atoms with van der Waals surface area (Å²) in [5.74, 6) is -0.275. The van der Waals surface area contributed by atoms with Crippen molar-refractivity contribution in [2.24, 2.45) is 0 Å². The van der Waals surface area contributed by atoms with Gasteiger partial charge in [0.15, 0.2) is 0 Å². The van der Waals surface area contributed by atoms with Gasteiger partial charge in [0.2, 0.25) is 0 Å². The fraction of sp³-hybridized carbons (Fsp3) is 0.533. The molecule has 1 aliphatic heterocycles. The topological polar surface area (TPSA) is 47.6 Å². The van der Waals surface area contributed by atoms with E-state index in [1.807, 2.05) is 26.0 Å². The molecule has 1 atom stereocenters. The van der Waals surface area contributed by atoms with Gasteiger partial charge in [-0.3, -0.25) is 0 Å². The van der Waals surface area contributed by atoms with Gasteiger partial charge < -0.3 is 14.8 Å². The lowest BCUT2D eigenvalue weighted by atomic mass is 10.1. The third-order valence-electron chi connectivity index (χ3n) is 2.99. The minimum absolute atomic E-state index is 0.0929. The molecule has 0 radical (unpaired) electrons. The highest BCUT2D eigenvalue weighted by atomic mass is 16.5. The van der Waals surface area contributed by atoms with E-state index in [0.29, 0.717) is 11.6 Å². The van der Waals surface area contributed by atoms with Crippen molar-refractivity contribution >= 4 is 11.7 Å². The van der Waals surface area contributed by atoms with Crippen molar-refractivity contribution in [1.29, 1.82) is 0 Å². The molecule has 0 bridgehead atoms. The zero-order valence-corrected chi connectivity index (χ0v) is 11.5. The number of hydrogen-bond acceptors (Lipinski definition) is 4. The van der Waals surface area contributed by atoms with Crippen LogP contribution in [0.2, 0.25) is 0 Å². The summed E-state index contributed by atoms with van der Waals surface area (Å²) in [5.41, 5.74) is 1.59. The standard InChI is InChI=1S/C15H21NO3/c1-11(2)19-15(17)12-5-7-13(8-6-12)16-14-4-3-9-18-10-14/h5-8,11,14,16H,3-4,9-10H2,1-2H3. The number of esters is 1. The van der Waals surface area contributed by atoms with Crippen LogP contribution >= 0.6 is 0 Å². The molecule has 1 N–H and O–H groups in total. The van der Waals surface area contributed by atoms with Gasteiger partial charge >= 0.3 is 5.97 Å². The first-order valence-electron chi connectivity index (χ1n) is 6.80. The summed E-state index contributed by atoms with van der Waals surface area (Å²) in [7, 11) is 0. The molecule has 19 heavy (non-hydrogen) atoms. The van der Waals surface area contributed by atoms with E-state index in [9.17, 15) is 4.79 Å². The van der Waals surface area contributed by atoms with Gasteiger partial charge in [-0.05, 0) is 51.0 Å². The predicted octanol–water partition coefficient (Wildman–Crippen LogP) is 2.84. The van der Waals surface area contributed by atoms with E-state index in [-0.39, 0.29) is 12.1 Å². The monoisotopic (exact) mass is 263 g/mol. The lowest BCUT2D eigenvalue weighted by Crippen LogP contribution is -2.29. The first-order chi connectivity index (χ1) is 9.15. The molecule has 2 rings (SSSR count). The van der Waals surface area contributed by atoms with E-state index in [1.54, 1.807) is 12.1 Å². The number of carbonyl (C=O) groups excluding carboxylic acids is 1. The van der Waals surface area contributed by atoms with Crippen LogP contribution in [0.1, 0.15) is 37.0 Å². The Morgan fingerprint density at radius 1 is 1.37 bits per heavy atom. The molecule has 0 amide bonds. The van der Waals surface area contributed by atoms with Gasteiger partial charge in [-0.2, -0.15) is 0 Å². The minimum Gasteiger partial charge on any atom is -0.459 e. The van der Waals surface area contributed by atoms with Crippen LogP contribution < -0.4 is 5.32 Å². The van der Waals surface area contributed by atoms with Crippen LogP contribution in [0.25, 0.3) is 0 Å². The summed E-state index contributed by atoms with van der Waals surface area (Å²) in [6.45, 7) is 5.29. The molecule has 1 fully saturated rings. The molecule has 0 spiro atoms. The predicted molar refractivity (Wildman–Crippen MR) is 74.5 cm³/mol. The molecule has 1 aliphatic rings. The fourth-order valence-corrected chi connectivity index (χ4v) is 2.07. The Morgan fingerprint density at radius 2 is 2.11 bits per heavy atom. The molecule has 0 aromatic heterocycles. The van der Waals surface area contributed by atoms with Crippen molar-refractivity contribution in [2.75, 3.05) is 18.5 Å². The van der Waals surface area contributed by atoms with Gasteiger partial charge in [0, 0.05) is 18.3 Å². The second-order valence-electron chi connectivity index (χ2n) is 5.09. The van der Waals surface area contributed by atoms with E-state index < -0.39 is 0 Å². The second kappa shape index (κ2) is 6.57. The molecule has 1 aromatic rings. The SMILES string of the molecule is CC(C)OC(=O)c1ccc(NC2CCCOC2)cc1. The van der Waals surface area contributed by atoms with Crippen LogP contribution in [0, 0.1) is 0 Å². The summed E-state index contributed by atoms with van der Waals surface area (Å²) >= 11 is 0. The average Bonchev–Trinajstić information content (AvgIpc) is 2.40. The summed E-state index contributed by atoms with van der Waals surface area (Å²) < 4.78 is 10.6. The quantitative estimate of drug-likeness (QED) is 0.849. The van der Waals surface area contributed by atoms with Crippen LogP contribution in [0.5, 0.6) is 0 Å². The molecule has 0 saturated carbocycles. The molecule has 1 aromatic carbocycles. The number of ether oxygens (including phenoxy) is 2. The Labute approximate surface area is 114 Å². The number of rotatable bonds is 4. The van der Waals surface area contributed by atoms with Crippen LogP contribution in [-0.2, 0) is 9.47 Å². The fourth-order valence-electron chi connectivity index (χ4n) is 2.07. The second-order valence-corrected chi connectivity index (χ2v) is 5.09. The first-order valence-corrected chi connectivity index (χ1v) is 6.80. The molecule has 0 aliphatic carbocycles. The number of nitrogens with one attached hydrogen (secondary N) is 1. The zero-order valence-electron chi connectivity index (χ0n) is 11.5. The lowest BCUT2D eigenvalue weighted by molar-refractivity contribution is 0.0378. The van der Waals surface area contributed by atoms with Gasteiger partial charge in [0.05, 0.1) is 18.3 Å². The van der Waals surface area contributed by atoms with Gasteiger partial charge in [-0.25, -0.2) is 4.79 Å². The smallest absolute Gasteiger partial charge is 0.338 e. The Morgan fingerprint density at radius 3 is 2.68 bits per heavy atom. The Hall–Kier alpha value is -1.55. The Balaban J connectivity index is 1.92. The molecule has 1 unspecified atom stereocenters. The maximum Gasteiger partial charge on any atom is 0.338 e. The third-order valence-corrected chi connectivity index (χ3v) is 2.99. The molecule has 1 saturated heterocycles. The van der Waals surface area contributed by atoms with Gasteiger partial charge in [-0.1, -0.05) is 0 Å². The van der Waals surface area contributed by atoms with E-state index in [0.717, 1.165) is 31.7 Å². The molecular weight excluding hydrogens is 242 g/mol. The molecule has 4 heteroatoms. The van der Waals surface area contributed by atoms with Gasteiger partial charge in [0.1, 0.15) is 0 Å². The highest BCUT2D eigenvalue weighted by Gasteiger charge is 2.14. The normalized spacial score (nSPS) is 19.2. The first kappa shape index (κ1) is 13.9. The van der Waals surface area contributed by atoms with Crippen LogP contribution in [0.4, 0.5) is 5.69 Å².